The number of halogens is 3. The molecule has 8 heteroatoms. The maximum Gasteiger partial charge on any atom is 0.573 e. The van der Waals surface area contributed by atoms with Gasteiger partial charge in [-0.25, -0.2) is 0 Å². The second-order valence-electron chi connectivity index (χ2n) is 9.36. The molecule has 0 aromatic heterocycles. The first-order valence-corrected chi connectivity index (χ1v) is 11.9. The lowest BCUT2D eigenvalue weighted by Gasteiger charge is -2.23. The number of likely N-dealkylation sites (N-methyl/N-ethyl adjacent to an activating group) is 1. The minimum atomic E-state index is -4.80. The summed E-state index contributed by atoms with van der Waals surface area (Å²) in [5.74, 6) is -0.193. The third-order valence-corrected chi connectivity index (χ3v) is 7.02. The van der Waals surface area contributed by atoms with E-state index in [0.29, 0.717) is 0 Å². The molecule has 1 N–H and O–H groups in total. The maximum atomic E-state index is 12.8. The number of alkyl halides is 3. The standard InChI is InChI=1S/C28H27F3N2O3/c1-33-16-15-27(26(33)34)14-13-23(32-27)20-9-6-8-19(17-20)22-10-3-2-7-21(22)18-35-24-11-4-5-12-25(24)36-28(29,30)31/h2-12,17,23,32H,13-16,18H2,1H3/t23-,27-/m1/s1. The van der Waals surface area contributed by atoms with Crippen LogP contribution in [0, 0.1) is 0 Å². The van der Waals surface area contributed by atoms with E-state index in [1.807, 2.05) is 43.4 Å². The molecule has 0 aliphatic carbocycles. The van der Waals surface area contributed by atoms with Crippen LogP contribution < -0.4 is 14.8 Å². The summed E-state index contributed by atoms with van der Waals surface area (Å²) >= 11 is 0. The molecule has 1 spiro atoms. The van der Waals surface area contributed by atoms with Crippen molar-refractivity contribution in [3.63, 3.8) is 0 Å². The molecular weight excluding hydrogens is 469 g/mol. The largest absolute Gasteiger partial charge is 0.573 e. The summed E-state index contributed by atoms with van der Waals surface area (Å²) < 4.78 is 48.2. The first kappa shape index (κ1) is 24.2. The van der Waals surface area contributed by atoms with E-state index < -0.39 is 11.9 Å². The Kier molecular flexibility index (Phi) is 6.38. The van der Waals surface area contributed by atoms with Crippen molar-refractivity contribution in [1.82, 2.24) is 10.2 Å². The highest BCUT2D eigenvalue weighted by Crippen LogP contribution is 2.40. The van der Waals surface area contributed by atoms with Gasteiger partial charge in [0.25, 0.3) is 0 Å². The highest BCUT2D eigenvalue weighted by atomic mass is 19.4. The fourth-order valence-electron chi connectivity index (χ4n) is 5.20. The molecule has 2 aliphatic heterocycles. The first-order chi connectivity index (χ1) is 17.2. The topological polar surface area (TPSA) is 50.8 Å². The van der Waals surface area contributed by atoms with Crippen molar-refractivity contribution in [1.29, 1.82) is 0 Å². The van der Waals surface area contributed by atoms with Crippen LogP contribution in [-0.2, 0) is 11.4 Å². The molecule has 2 atom stereocenters. The molecule has 5 rings (SSSR count). The van der Waals surface area contributed by atoms with E-state index in [-0.39, 0.29) is 30.1 Å². The molecule has 1 amide bonds. The van der Waals surface area contributed by atoms with E-state index in [1.54, 1.807) is 11.0 Å². The van der Waals surface area contributed by atoms with Crippen molar-refractivity contribution in [2.75, 3.05) is 13.6 Å². The Balaban J connectivity index is 1.35. The second kappa shape index (κ2) is 9.50. The Bertz CT molecular complexity index is 1260. The van der Waals surface area contributed by atoms with Gasteiger partial charge >= 0.3 is 6.36 Å². The number of carbonyl (C=O) groups excluding carboxylic acids is 1. The van der Waals surface area contributed by atoms with Gasteiger partial charge in [0.05, 0.1) is 0 Å². The number of carbonyl (C=O) groups is 1. The summed E-state index contributed by atoms with van der Waals surface area (Å²) in [5, 5.41) is 3.61. The van der Waals surface area contributed by atoms with Crippen LogP contribution in [0.1, 0.15) is 36.4 Å². The molecule has 0 radical (unpaired) electrons. The van der Waals surface area contributed by atoms with Crippen LogP contribution in [0.15, 0.2) is 72.8 Å². The van der Waals surface area contributed by atoms with Crippen molar-refractivity contribution in [3.05, 3.63) is 83.9 Å². The van der Waals surface area contributed by atoms with Crippen molar-refractivity contribution in [2.24, 2.45) is 0 Å². The smallest absolute Gasteiger partial charge is 0.485 e. The summed E-state index contributed by atoms with van der Waals surface area (Å²) in [4.78, 5) is 14.5. The number of nitrogens with zero attached hydrogens (tertiary/aromatic N) is 1. The van der Waals surface area contributed by atoms with Gasteiger partial charge in [-0.1, -0.05) is 54.6 Å². The maximum absolute atomic E-state index is 12.8. The number of hydrogen-bond donors (Lipinski definition) is 1. The zero-order valence-electron chi connectivity index (χ0n) is 19.8. The minimum Gasteiger partial charge on any atom is -0.485 e. The van der Waals surface area contributed by atoms with E-state index in [4.69, 9.17) is 4.74 Å². The van der Waals surface area contributed by atoms with E-state index in [9.17, 15) is 18.0 Å². The van der Waals surface area contributed by atoms with Gasteiger partial charge in [0.1, 0.15) is 12.1 Å². The van der Waals surface area contributed by atoms with Crippen LogP contribution in [0.25, 0.3) is 11.1 Å². The number of para-hydroxylation sites is 2. The molecule has 0 saturated carbocycles. The average Bonchev–Trinajstić information content (AvgIpc) is 3.42. The lowest BCUT2D eigenvalue weighted by molar-refractivity contribution is -0.275. The predicted molar refractivity (Wildman–Crippen MR) is 129 cm³/mol. The van der Waals surface area contributed by atoms with Crippen molar-refractivity contribution < 1.29 is 27.4 Å². The van der Waals surface area contributed by atoms with E-state index in [0.717, 1.165) is 48.1 Å². The number of nitrogens with one attached hydrogen (secondary N) is 1. The van der Waals surface area contributed by atoms with Crippen LogP contribution in [0.4, 0.5) is 13.2 Å². The predicted octanol–water partition coefficient (Wildman–Crippen LogP) is 5.86. The highest BCUT2D eigenvalue weighted by Gasteiger charge is 2.50. The Hall–Kier alpha value is -3.52. The number of benzene rings is 3. The molecular formula is C28H27F3N2O3. The highest BCUT2D eigenvalue weighted by molar-refractivity contribution is 5.88. The number of amides is 1. The molecule has 0 bridgehead atoms. The van der Waals surface area contributed by atoms with Crippen LogP contribution >= 0.6 is 0 Å². The van der Waals surface area contributed by atoms with Crippen LogP contribution in [0.3, 0.4) is 0 Å². The van der Waals surface area contributed by atoms with Gasteiger partial charge in [-0.15, -0.1) is 13.2 Å². The summed E-state index contributed by atoms with van der Waals surface area (Å²) in [6, 6.07) is 21.6. The number of hydrogen-bond acceptors (Lipinski definition) is 4. The molecule has 2 saturated heterocycles. The summed E-state index contributed by atoms with van der Waals surface area (Å²) in [6.07, 6.45) is -2.29. The quantitative estimate of drug-likeness (QED) is 0.465. The van der Waals surface area contributed by atoms with Crippen molar-refractivity contribution in [2.45, 2.75) is 43.8 Å². The fraction of sp³-hybridized carbons (Fsp3) is 0.321. The lowest BCUT2D eigenvalue weighted by Crippen LogP contribution is -2.47. The van der Waals surface area contributed by atoms with Crippen molar-refractivity contribution >= 4 is 5.91 Å². The molecule has 2 fully saturated rings. The summed E-state index contributed by atoms with van der Waals surface area (Å²) in [5.41, 5.74) is 3.38. The third-order valence-electron chi connectivity index (χ3n) is 7.02. The average molecular weight is 497 g/mol. The van der Waals surface area contributed by atoms with Gasteiger partial charge in [-0.3, -0.25) is 10.1 Å². The third kappa shape index (κ3) is 4.91. The molecule has 36 heavy (non-hydrogen) atoms. The normalized spacial score (nSPS) is 21.8. The zero-order valence-corrected chi connectivity index (χ0v) is 19.8. The Morgan fingerprint density at radius 2 is 1.75 bits per heavy atom. The molecule has 3 aromatic rings. The number of rotatable bonds is 6. The monoisotopic (exact) mass is 496 g/mol. The summed E-state index contributed by atoms with van der Waals surface area (Å²) in [6.45, 7) is 0.841. The molecule has 3 aromatic carbocycles. The molecule has 0 unspecified atom stereocenters. The van der Waals surface area contributed by atoms with E-state index in [1.165, 1.54) is 18.2 Å². The van der Waals surface area contributed by atoms with Crippen LogP contribution in [-0.4, -0.2) is 36.3 Å². The lowest BCUT2D eigenvalue weighted by atomic mass is 9.95. The van der Waals surface area contributed by atoms with Gasteiger partial charge in [0.15, 0.2) is 11.5 Å². The molecule has 2 heterocycles. The van der Waals surface area contributed by atoms with E-state index in [2.05, 4.69) is 22.2 Å². The number of ether oxygens (including phenoxy) is 2. The zero-order chi connectivity index (χ0) is 25.3. The van der Waals surface area contributed by atoms with E-state index >= 15 is 0 Å². The molecule has 5 nitrogen and oxygen atoms in total. The second-order valence-corrected chi connectivity index (χ2v) is 9.36. The Labute approximate surface area is 207 Å². The van der Waals surface area contributed by atoms with Gasteiger partial charge in [0.2, 0.25) is 5.91 Å². The van der Waals surface area contributed by atoms with Crippen LogP contribution in [0.5, 0.6) is 11.5 Å². The molecule has 188 valence electrons. The Morgan fingerprint density at radius 3 is 2.50 bits per heavy atom. The number of likely N-dealkylation sites (tertiary alicyclic amines) is 1. The fourth-order valence-corrected chi connectivity index (χ4v) is 5.20. The SMILES string of the molecule is CN1CC[C@]2(CC[C@H](c3cccc(-c4ccccc4COc4ccccc4OC(F)(F)F)c3)N2)C1=O. The van der Waals surface area contributed by atoms with Crippen LogP contribution in [0.2, 0.25) is 0 Å². The van der Waals surface area contributed by atoms with Gasteiger partial charge in [-0.05, 0) is 59.7 Å². The summed E-state index contributed by atoms with van der Waals surface area (Å²) in [7, 11) is 1.85. The van der Waals surface area contributed by atoms with Gasteiger partial charge in [-0.2, -0.15) is 0 Å². The Morgan fingerprint density at radius 1 is 1.00 bits per heavy atom. The first-order valence-electron chi connectivity index (χ1n) is 11.9. The van der Waals surface area contributed by atoms with Crippen molar-refractivity contribution in [3.8, 4) is 22.6 Å². The molecule has 2 aliphatic rings. The van der Waals surface area contributed by atoms with Gasteiger partial charge in [0, 0.05) is 19.6 Å². The van der Waals surface area contributed by atoms with Gasteiger partial charge < -0.3 is 14.4 Å². The minimum absolute atomic E-state index is 0.0185.